The summed E-state index contributed by atoms with van der Waals surface area (Å²) >= 11 is 5.82. The van der Waals surface area contributed by atoms with E-state index in [2.05, 4.69) is 0 Å². The number of fused-ring (bicyclic) bond motifs is 1. The molecule has 0 aliphatic heterocycles. The molecule has 3 aromatic carbocycles. The van der Waals surface area contributed by atoms with E-state index in [0.29, 0.717) is 5.56 Å². The minimum atomic E-state index is -1.46. The van der Waals surface area contributed by atoms with E-state index in [0.717, 1.165) is 6.20 Å². The molecule has 8 heteroatoms. The van der Waals surface area contributed by atoms with Crippen molar-refractivity contribution in [3.05, 3.63) is 110 Å². The van der Waals surface area contributed by atoms with Gasteiger partial charge in [0.2, 0.25) is 5.43 Å². The summed E-state index contributed by atoms with van der Waals surface area (Å²) in [5.74, 6) is -3.00. The van der Waals surface area contributed by atoms with E-state index in [1.807, 2.05) is 0 Å². The number of hydrogen-bond donors (Lipinski definition) is 2. The summed E-state index contributed by atoms with van der Waals surface area (Å²) in [5, 5.41) is 20.1. The van der Waals surface area contributed by atoms with Crippen LogP contribution in [0.2, 0.25) is 5.02 Å². The third kappa shape index (κ3) is 3.94. The average Bonchev–Trinajstić information content (AvgIpc) is 2.74. The van der Waals surface area contributed by atoms with Crippen molar-refractivity contribution in [3.63, 3.8) is 0 Å². The van der Waals surface area contributed by atoms with E-state index in [1.165, 1.54) is 41.0 Å². The second kappa shape index (κ2) is 8.43. The number of aromatic nitrogens is 1. The molecule has 4 rings (SSSR count). The standard InChI is InChI=1S/C24H16ClF2NO4/c25-18-6-2-4-14(21(18)27)10-15-7-8-19-20(22(15)29)23(30)17(24(31)32)12-28(19)11-13-3-1-5-16(26)9-13/h1-9,12,29H,10-11H2,(H,31,32). The van der Waals surface area contributed by atoms with Gasteiger partial charge in [0, 0.05) is 19.2 Å². The smallest absolute Gasteiger partial charge is 0.341 e. The number of aromatic hydroxyl groups is 1. The van der Waals surface area contributed by atoms with Crippen molar-refractivity contribution in [2.24, 2.45) is 0 Å². The highest BCUT2D eigenvalue weighted by molar-refractivity contribution is 6.30. The summed E-state index contributed by atoms with van der Waals surface area (Å²) in [6, 6.07) is 13.3. The van der Waals surface area contributed by atoms with Gasteiger partial charge in [-0.1, -0.05) is 41.9 Å². The lowest BCUT2D eigenvalue weighted by Gasteiger charge is -2.15. The normalized spacial score (nSPS) is 11.1. The Balaban J connectivity index is 1.90. The summed E-state index contributed by atoms with van der Waals surface area (Å²) in [5.41, 5.74) is -0.172. The first kappa shape index (κ1) is 21.5. The number of halogens is 3. The second-order valence-electron chi connectivity index (χ2n) is 7.29. The van der Waals surface area contributed by atoms with Crippen LogP contribution in [0.4, 0.5) is 8.78 Å². The maximum Gasteiger partial charge on any atom is 0.341 e. The van der Waals surface area contributed by atoms with Crippen LogP contribution >= 0.6 is 11.6 Å². The van der Waals surface area contributed by atoms with E-state index >= 15 is 0 Å². The minimum absolute atomic E-state index is 0.0607. The van der Waals surface area contributed by atoms with Crippen molar-refractivity contribution in [2.75, 3.05) is 0 Å². The summed E-state index contributed by atoms with van der Waals surface area (Å²) < 4.78 is 29.4. The Morgan fingerprint density at radius 1 is 1.03 bits per heavy atom. The molecule has 4 aromatic rings. The second-order valence-corrected chi connectivity index (χ2v) is 7.70. The predicted molar refractivity (Wildman–Crippen MR) is 117 cm³/mol. The minimum Gasteiger partial charge on any atom is -0.507 e. The number of rotatable bonds is 5. The van der Waals surface area contributed by atoms with Crippen LogP contribution in [0.5, 0.6) is 5.75 Å². The largest absolute Gasteiger partial charge is 0.507 e. The number of phenols is 1. The van der Waals surface area contributed by atoms with Crippen LogP contribution in [0, 0.1) is 11.6 Å². The van der Waals surface area contributed by atoms with Gasteiger partial charge in [-0.15, -0.1) is 0 Å². The maximum atomic E-state index is 14.3. The van der Waals surface area contributed by atoms with Crippen LogP contribution in [0.15, 0.2) is 65.6 Å². The first-order valence-electron chi connectivity index (χ1n) is 9.55. The predicted octanol–water partition coefficient (Wildman–Crippen LogP) is 4.98. The van der Waals surface area contributed by atoms with E-state index in [4.69, 9.17) is 11.6 Å². The van der Waals surface area contributed by atoms with E-state index in [1.54, 1.807) is 18.2 Å². The Kier molecular flexibility index (Phi) is 5.67. The molecule has 1 aromatic heterocycles. The van der Waals surface area contributed by atoms with Crippen molar-refractivity contribution in [1.29, 1.82) is 0 Å². The van der Waals surface area contributed by atoms with Crippen molar-refractivity contribution < 1.29 is 23.8 Å². The van der Waals surface area contributed by atoms with Gasteiger partial charge < -0.3 is 14.8 Å². The van der Waals surface area contributed by atoms with Gasteiger partial charge >= 0.3 is 5.97 Å². The molecule has 0 radical (unpaired) electrons. The Hall–Kier alpha value is -3.71. The zero-order valence-corrected chi connectivity index (χ0v) is 17.2. The molecule has 0 fully saturated rings. The van der Waals surface area contributed by atoms with Crippen LogP contribution in [0.3, 0.4) is 0 Å². The molecule has 1 heterocycles. The van der Waals surface area contributed by atoms with Crippen LogP contribution < -0.4 is 5.43 Å². The molecule has 0 spiro atoms. The van der Waals surface area contributed by atoms with Crippen LogP contribution in [-0.2, 0) is 13.0 Å². The summed E-state index contributed by atoms with van der Waals surface area (Å²) in [7, 11) is 0. The van der Waals surface area contributed by atoms with Gasteiger partial charge in [0.15, 0.2) is 0 Å². The average molecular weight is 456 g/mol. The molecular weight excluding hydrogens is 440 g/mol. The fourth-order valence-corrected chi connectivity index (χ4v) is 3.85. The lowest BCUT2D eigenvalue weighted by Crippen LogP contribution is -2.19. The molecule has 0 unspecified atom stereocenters. The number of phenolic OH excluding ortho intramolecular Hbond substituents is 1. The van der Waals surface area contributed by atoms with Gasteiger partial charge in [-0.2, -0.15) is 0 Å². The third-order valence-corrected chi connectivity index (χ3v) is 5.48. The molecule has 0 atom stereocenters. The summed E-state index contributed by atoms with van der Waals surface area (Å²) in [6.45, 7) is 0.0660. The molecule has 0 saturated carbocycles. The van der Waals surface area contributed by atoms with Gasteiger partial charge in [0.05, 0.1) is 15.9 Å². The van der Waals surface area contributed by atoms with Crippen molar-refractivity contribution in [3.8, 4) is 5.75 Å². The SMILES string of the molecule is O=C(O)c1cn(Cc2cccc(F)c2)c2ccc(Cc3cccc(Cl)c3F)c(O)c2c1=O. The van der Waals surface area contributed by atoms with Gasteiger partial charge in [0.25, 0.3) is 0 Å². The molecule has 2 N–H and O–H groups in total. The third-order valence-electron chi connectivity index (χ3n) is 5.19. The molecule has 0 saturated heterocycles. The molecule has 0 aliphatic carbocycles. The summed E-state index contributed by atoms with van der Waals surface area (Å²) in [4.78, 5) is 24.5. The Bertz CT molecular complexity index is 1430. The number of nitrogens with zero attached hydrogens (tertiary/aromatic N) is 1. The van der Waals surface area contributed by atoms with Crippen molar-refractivity contribution in [2.45, 2.75) is 13.0 Å². The highest BCUT2D eigenvalue weighted by atomic mass is 35.5. The fourth-order valence-electron chi connectivity index (χ4n) is 3.65. The summed E-state index contributed by atoms with van der Waals surface area (Å²) in [6.07, 6.45) is 1.10. The fraction of sp³-hybridized carbons (Fsp3) is 0.0833. The molecule has 162 valence electrons. The maximum absolute atomic E-state index is 14.3. The number of carboxylic acid groups (broad SMARTS) is 1. The van der Waals surface area contributed by atoms with Crippen LogP contribution in [0.1, 0.15) is 27.0 Å². The molecule has 0 amide bonds. The van der Waals surface area contributed by atoms with E-state index in [9.17, 15) is 28.6 Å². The zero-order chi connectivity index (χ0) is 23.0. The van der Waals surface area contributed by atoms with Gasteiger partial charge in [-0.05, 0) is 41.0 Å². The number of carboxylic acids is 1. The van der Waals surface area contributed by atoms with Gasteiger partial charge in [0.1, 0.15) is 22.9 Å². The Morgan fingerprint density at radius 2 is 1.78 bits per heavy atom. The lowest BCUT2D eigenvalue weighted by molar-refractivity contribution is 0.0695. The zero-order valence-electron chi connectivity index (χ0n) is 16.5. The molecule has 5 nitrogen and oxygen atoms in total. The molecule has 0 bridgehead atoms. The van der Waals surface area contributed by atoms with Gasteiger partial charge in [-0.25, -0.2) is 13.6 Å². The Labute approximate surface area is 185 Å². The number of aromatic carboxylic acids is 1. The number of benzene rings is 3. The first-order valence-corrected chi connectivity index (χ1v) is 9.92. The lowest BCUT2D eigenvalue weighted by atomic mass is 9.99. The first-order chi connectivity index (χ1) is 15.3. The van der Waals surface area contributed by atoms with E-state index in [-0.39, 0.29) is 40.0 Å². The molecule has 32 heavy (non-hydrogen) atoms. The van der Waals surface area contributed by atoms with Crippen LogP contribution in [-0.4, -0.2) is 20.7 Å². The van der Waals surface area contributed by atoms with Crippen molar-refractivity contribution >= 4 is 28.5 Å². The number of carbonyl (C=O) groups is 1. The van der Waals surface area contributed by atoms with Crippen LogP contribution in [0.25, 0.3) is 10.9 Å². The van der Waals surface area contributed by atoms with Crippen molar-refractivity contribution in [1.82, 2.24) is 4.57 Å². The Morgan fingerprint density at radius 3 is 2.50 bits per heavy atom. The van der Waals surface area contributed by atoms with E-state index < -0.39 is 34.3 Å². The highest BCUT2D eigenvalue weighted by Gasteiger charge is 2.20. The molecule has 0 aliphatic rings. The topological polar surface area (TPSA) is 79.5 Å². The number of pyridine rings is 1. The number of hydrogen-bond acceptors (Lipinski definition) is 3. The quantitative estimate of drug-likeness (QED) is 0.445. The highest BCUT2D eigenvalue weighted by Crippen LogP contribution is 2.30. The van der Waals surface area contributed by atoms with Gasteiger partial charge in [-0.3, -0.25) is 4.79 Å². The molecular formula is C24H16ClF2NO4. The monoisotopic (exact) mass is 455 g/mol.